The number of hydrazine groups is 1. The minimum atomic E-state index is -1.02. The van der Waals surface area contributed by atoms with Crippen LogP contribution in [0.15, 0.2) is 54.6 Å². The summed E-state index contributed by atoms with van der Waals surface area (Å²) in [5, 5.41) is 14.1. The van der Waals surface area contributed by atoms with Crippen LogP contribution in [0, 0.1) is 16.0 Å². The van der Waals surface area contributed by atoms with E-state index in [-0.39, 0.29) is 27.9 Å². The minimum Gasteiger partial charge on any atom is -0.340 e. The van der Waals surface area contributed by atoms with Crippen LogP contribution in [0.25, 0.3) is 10.9 Å². The average molecular weight is 470 g/mol. The van der Waals surface area contributed by atoms with Gasteiger partial charge < -0.3 is 5.32 Å². The van der Waals surface area contributed by atoms with E-state index in [1.54, 1.807) is 32.0 Å². The Labute approximate surface area is 193 Å². The molecule has 11 heteroatoms. The number of hydrogen-bond donors (Lipinski definition) is 3. The summed E-state index contributed by atoms with van der Waals surface area (Å²) < 4.78 is 0. The first kappa shape index (κ1) is 23.6. The van der Waals surface area contributed by atoms with Crippen molar-refractivity contribution in [3.05, 3.63) is 81.0 Å². The molecular formula is C22H20ClN5O5. The van der Waals surface area contributed by atoms with E-state index in [9.17, 15) is 24.5 Å². The number of hydrogen-bond acceptors (Lipinski definition) is 6. The number of fused-ring (bicyclic) bond motifs is 1. The zero-order chi connectivity index (χ0) is 24.1. The van der Waals surface area contributed by atoms with Crippen molar-refractivity contribution in [1.82, 2.24) is 21.2 Å². The zero-order valence-corrected chi connectivity index (χ0v) is 18.4. The lowest BCUT2D eigenvalue weighted by molar-refractivity contribution is -0.384. The van der Waals surface area contributed by atoms with Crippen molar-refractivity contribution in [1.29, 1.82) is 0 Å². The smallest absolute Gasteiger partial charge is 0.288 e. The summed E-state index contributed by atoms with van der Waals surface area (Å²) in [6.07, 6.45) is 0. The van der Waals surface area contributed by atoms with Gasteiger partial charge in [0.05, 0.1) is 21.0 Å². The Bertz CT molecular complexity index is 1250. The van der Waals surface area contributed by atoms with Crippen molar-refractivity contribution in [2.45, 2.75) is 19.9 Å². The van der Waals surface area contributed by atoms with Crippen molar-refractivity contribution in [3.8, 4) is 0 Å². The molecule has 0 unspecified atom stereocenters. The lowest BCUT2D eigenvalue weighted by atomic mass is 10.0. The summed E-state index contributed by atoms with van der Waals surface area (Å²) >= 11 is 5.99. The van der Waals surface area contributed by atoms with E-state index in [4.69, 9.17) is 11.6 Å². The van der Waals surface area contributed by atoms with E-state index in [0.29, 0.717) is 5.52 Å². The molecule has 1 atom stereocenters. The van der Waals surface area contributed by atoms with Gasteiger partial charge in [0.15, 0.2) is 0 Å². The minimum absolute atomic E-state index is 0.0230. The van der Waals surface area contributed by atoms with Gasteiger partial charge in [0, 0.05) is 17.5 Å². The highest BCUT2D eigenvalue weighted by Crippen LogP contribution is 2.22. The number of halogens is 1. The molecule has 3 N–H and O–H groups in total. The maximum atomic E-state index is 12.6. The summed E-state index contributed by atoms with van der Waals surface area (Å²) in [6.45, 7) is 3.41. The molecule has 0 bridgehead atoms. The monoisotopic (exact) mass is 469 g/mol. The molecule has 10 nitrogen and oxygen atoms in total. The van der Waals surface area contributed by atoms with E-state index in [2.05, 4.69) is 21.2 Å². The van der Waals surface area contributed by atoms with Crippen LogP contribution in [-0.4, -0.2) is 33.7 Å². The number of carbonyl (C=O) groups is 3. The van der Waals surface area contributed by atoms with Crippen molar-refractivity contribution < 1.29 is 19.3 Å². The molecular weight excluding hydrogens is 450 g/mol. The van der Waals surface area contributed by atoms with Crippen LogP contribution in [0.3, 0.4) is 0 Å². The van der Waals surface area contributed by atoms with Gasteiger partial charge in [0.2, 0.25) is 0 Å². The summed E-state index contributed by atoms with van der Waals surface area (Å²) in [4.78, 5) is 52.1. The predicted molar refractivity (Wildman–Crippen MR) is 122 cm³/mol. The van der Waals surface area contributed by atoms with E-state index in [0.717, 1.165) is 17.5 Å². The highest BCUT2D eigenvalue weighted by molar-refractivity contribution is 6.34. The summed E-state index contributed by atoms with van der Waals surface area (Å²) in [6, 6.07) is 12.9. The van der Waals surface area contributed by atoms with Gasteiger partial charge in [0.25, 0.3) is 23.4 Å². The second-order valence-corrected chi connectivity index (χ2v) is 7.86. The van der Waals surface area contributed by atoms with Crippen LogP contribution in [0.4, 0.5) is 5.69 Å². The molecule has 0 saturated carbocycles. The Kier molecular flexibility index (Phi) is 7.19. The zero-order valence-electron chi connectivity index (χ0n) is 17.7. The second-order valence-electron chi connectivity index (χ2n) is 7.45. The number of nitro benzene ring substituents is 1. The number of rotatable bonds is 6. The first-order valence-electron chi connectivity index (χ1n) is 9.88. The summed E-state index contributed by atoms with van der Waals surface area (Å²) in [5.74, 6) is -2.32. The SMILES string of the molecule is CC(C)[C@H](NC(=O)c1ccc([N+](=O)[O-])cc1Cl)C(=O)NNC(=O)c1ccc2ccccc2n1. The molecule has 3 aromatic rings. The van der Waals surface area contributed by atoms with Gasteiger partial charge in [-0.3, -0.25) is 35.3 Å². The summed E-state index contributed by atoms with van der Waals surface area (Å²) in [5.41, 5.74) is 5.03. The van der Waals surface area contributed by atoms with Gasteiger partial charge in [0.1, 0.15) is 11.7 Å². The molecule has 0 saturated heterocycles. The molecule has 0 aliphatic rings. The van der Waals surface area contributed by atoms with Crippen LogP contribution in [0.5, 0.6) is 0 Å². The molecule has 0 fully saturated rings. The molecule has 0 radical (unpaired) electrons. The number of nitrogens with one attached hydrogen (secondary N) is 3. The molecule has 3 rings (SSSR count). The third-order valence-electron chi connectivity index (χ3n) is 4.77. The van der Waals surface area contributed by atoms with Gasteiger partial charge in [-0.25, -0.2) is 4.98 Å². The topological polar surface area (TPSA) is 143 Å². The fourth-order valence-electron chi connectivity index (χ4n) is 3.01. The number of nitrogens with zero attached hydrogens (tertiary/aromatic N) is 2. The number of pyridine rings is 1. The number of carbonyl (C=O) groups excluding carboxylic acids is 3. The van der Waals surface area contributed by atoms with Gasteiger partial charge in [-0.15, -0.1) is 0 Å². The van der Waals surface area contributed by atoms with Gasteiger partial charge in [-0.1, -0.05) is 49.7 Å². The van der Waals surface area contributed by atoms with Gasteiger partial charge >= 0.3 is 0 Å². The molecule has 0 aliphatic carbocycles. The Morgan fingerprint density at radius 2 is 1.73 bits per heavy atom. The van der Waals surface area contributed by atoms with E-state index in [1.807, 2.05) is 12.1 Å². The molecule has 3 amide bonds. The number of nitro groups is 1. The third kappa shape index (κ3) is 5.60. The van der Waals surface area contributed by atoms with Crippen LogP contribution in [0.1, 0.15) is 34.7 Å². The third-order valence-corrected chi connectivity index (χ3v) is 5.09. The normalized spacial score (nSPS) is 11.6. The van der Waals surface area contributed by atoms with E-state index < -0.39 is 28.7 Å². The van der Waals surface area contributed by atoms with Crippen molar-refractivity contribution >= 4 is 45.9 Å². The van der Waals surface area contributed by atoms with Crippen molar-refractivity contribution in [2.75, 3.05) is 0 Å². The Morgan fingerprint density at radius 3 is 2.39 bits per heavy atom. The number of benzene rings is 2. The van der Waals surface area contributed by atoms with Crippen molar-refractivity contribution in [2.24, 2.45) is 5.92 Å². The number of para-hydroxylation sites is 1. The first-order chi connectivity index (χ1) is 15.7. The predicted octanol–water partition coefficient (Wildman–Crippen LogP) is 3.01. The molecule has 170 valence electrons. The Hall–Kier alpha value is -4.05. The Balaban J connectivity index is 1.66. The highest BCUT2D eigenvalue weighted by Gasteiger charge is 2.26. The largest absolute Gasteiger partial charge is 0.340 e. The fourth-order valence-corrected chi connectivity index (χ4v) is 3.27. The molecule has 2 aromatic carbocycles. The first-order valence-corrected chi connectivity index (χ1v) is 10.3. The van der Waals surface area contributed by atoms with E-state index >= 15 is 0 Å². The molecule has 0 spiro atoms. The molecule has 1 heterocycles. The lowest BCUT2D eigenvalue weighted by Gasteiger charge is -2.22. The van der Waals surface area contributed by atoms with Crippen molar-refractivity contribution in [3.63, 3.8) is 0 Å². The Morgan fingerprint density at radius 1 is 1.00 bits per heavy atom. The number of non-ortho nitro benzene ring substituents is 1. The van der Waals surface area contributed by atoms with Crippen LogP contribution in [0.2, 0.25) is 5.02 Å². The van der Waals surface area contributed by atoms with Gasteiger partial charge in [-0.05, 0) is 24.1 Å². The maximum Gasteiger partial charge on any atom is 0.288 e. The number of aromatic nitrogens is 1. The lowest BCUT2D eigenvalue weighted by Crippen LogP contribution is -2.54. The van der Waals surface area contributed by atoms with Crippen LogP contribution < -0.4 is 16.2 Å². The summed E-state index contributed by atoms with van der Waals surface area (Å²) in [7, 11) is 0. The second kappa shape index (κ2) is 10.0. The van der Waals surface area contributed by atoms with E-state index in [1.165, 1.54) is 12.1 Å². The highest BCUT2D eigenvalue weighted by atomic mass is 35.5. The molecule has 1 aromatic heterocycles. The standard InChI is InChI=1S/C22H20ClN5O5/c1-12(2)19(25-20(29)15-9-8-14(28(32)33)11-16(15)23)22(31)27-26-21(30)18-10-7-13-5-3-4-6-17(13)24-18/h3-12,19H,1-2H3,(H,25,29)(H,26,30)(H,27,31)/t19-/m0/s1. The van der Waals surface area contributed by atoms with Gasteiger partial charge in [-0.2, -0.15) is 0 Å². The maximum absolute atomic E-state index is 12.6. The molecule has 33 heavy (non-hydrogen) atoms. The fraction of sp³-hybridized carbons (Fsp3) is 0.182. The average Bonchev–Trinajstić information content (AvgIpc) is 2.79. The van der Waals surface area contributed by atoms with Crippen LogP contribution in [-0.2, 0) is 4.79 Å². The van der Waals surface area contributed by atoms with Crippen LogP contribution >= 0.6 is 11.6 Å². The number of amides is 3. The quantitative estimate of drug-likeness (QED) is 0.374. The molecule has 0 aliphatic heterocycles.